The van der Waals surface area contributed by atoms with E-state index in [1.807, 2.05) is 0 Å². The number of rotatable bonds is 4. The van der Waals surface area contributed by atoms with Gasteiger partial charge in [-0.15, -0.1) is 0 Å². The first-order chi connectivity index (χ1) is 8.10. The molecule has 0 spiro atoms. The van der Waals surface area contributed by atoms with Crippen molar-refractivity contribution < 1.29 is 14.3 Å². The molecule has 0 aliphatic heterocycles. The van der Waals surface area contributed by atoms with Crippen molar-refractivity contribution in [3.63, 3.8) is 0 Å². The lowest BCUT2D eigenvalue weighted by Gasteiger charge is -2.33. The SMILES string of the molecule is CCOC(=O)C(C#N)(CC)C1CCCC(=O)C1. The Morgan fingerprint density at radius 3 is 2.76 bits per heavy atom. The lowest BCUT2D eigenvalue weighted by atomic mass is 9.67. The minimum atomic E-state index is -1.13. The summed E-state index contributed by atoms with van der Waals surface area (Å²) in [7, 11) is 0. The van der Waals surface area contributed by atoms with Gasteiger partial charge in [-0.3, -0.25) is 9.59 Å². The summed E-state index contributed by atoms with van der Waals surface area (Å²) in [5, 5.41) is 9.35. The third-order valence-corrected chi connectivity index (χ3v) is 3.58. The number of Topliss-reactive ketones (excluding diaryl/α,β-unsaturated/α-hetero) is 1. The molecule has 1 fully saturated rings. The molecule has 1 saturated carbocycles. The van der Waals surface area contributed by atoms with Crippen molar-refractivity contribution in [3.05, 3.63) is 0 Å². The molecule has 0 aromatic carbocycles. The Morgan fingerprint density at radius 1 is 1.59 bits per heavy atom. The fourth-order valence-corrected chi connectivity index (χ4v) is 2.52. The van der Waals surface area contributed by atoms with Crippen LogP contribution in [-0.4, -0.2) is 18.4 Å². The molecule has 2 atom stereocenters. The zero-order valence-corrected chi connectivity index (χ0v) is 10.5. The van der Waals surface area contributed by atoms with Crippen molar-refractivity contribution >= 4 is 11.8 Å². The fraction of sp³-hybridized carbons (Fsp3) is 0.769. The highest BCUT2D eigenvalue weighted by Gasteiger charge is 2.47. The van der Waals surface area contributed by atoms with E-state index in [4.69, 9.17) is 4.74 Å². The number of ether oxygens (including phenoxy) is 1. The Hall–Kier alpha value is -1.37. The zero-order chi connectivity index (χ0) is 12.9. The quantitative estimate of drug-likeness (QED) is 0.703. The second-order valence-corrected chi connectivity index (χ2v) is 4.49. The minimum absolute atomic E-state index is 0.152. The van der Waals surface area contributed by atoms with Crippen LogP contribution in [0.5, 0.6) is 0 Å². The predicted octanol–water partition coefficient (Wildman–Crippen LogP) is 2.23. The van der Waals surface area contributed by atoms with E-state index in [1.165, 1.54) is 0 Å². The van der Waals surface area contributed by atoms with Gasteiger partial charge in [0, 0.05) is 12.8 Å². The van der Waals surface area contributed by atoms with E-state index in [9.17, 15) is 14.9 Å². The molecule has 94 valence electrons. The molecular formula is C13H19NO3. The number of esters is 1. The van der Waals surface area contributed by atoms with Crippen LogP contribution in [0.3, 0.4) is 0 Å². The Kier molecular flexibility index (Phi) is 4.68. The summed E-state index contributed by atoms with van der Waals surface area (Å²) in [5.41, 5.74) is -1.13. The Morgan fingerprint density at radius 2 is 2.29 bits per heavy atom. The first kappa shape index (κ1) is 13.7. The number of carbonyl (C=O) groups excluding carboxylic acids is 2. The van der Waals surface area contributed by atoms with Crippen molar-refractivity contribution in [2.75, 3.05) is 6.61 Å². The lowest BCUT2D eigenvalue weighted by molar-refractivity contribution is -0.156. The molecule has 0 amide bonds. The summed E-state index contributed by atoms with van der Waals surface area (Å²) < 4.78 is 5.00. The minimum Gasteiger partial charge on any atom is -0.465 e. The van der Waals surface area contributed by atoms with E-state index in [2.05, 4.69) is 6.07 Å². The zero-order valence-electron chi connectivity index (χ0n) is 10.5. The highest BCUT2D eigenvalue weighted by molar-refractivity contribution is 5.84. The summed E-state index contributed by atoms with van der Waals surface area (Å²) in [6.45, 7) is 3.80. The Bertz CT molecular complexity index is 345. The largest absolute Gasteiger partial charge is 0.465 e. The maximum absolute atomic E-state index is 12.0. The molecule has 2 unspecified atom stereocenters. The fourth-order valence-electron chi connectivity index (χ4n) is 2.52. The van der Waals surface area contributed by atoms with Gasteiger partial charge in [0.1, 0.15) is 5.78 Å². The number of nitriles is 1. The van der Waals surface area contributed by atoms with E-state index in [0.717, 1.165) is 12.8 Å². The predicted molar refractivity (Wildman–Crippen MR) is 61.9 cm³/mol. The molecule has 0 N–H and O–H groups in total. The third kappa shape index (κ3) is 2.66. The average Bonchev–Trinajstić information content (AvgIpc) is 2.32. The molecule has 1 rings (SSSR count). The second-order valence-electron chi connectivity index (χ2n) is 4.49. The van der Waals surface area contributed by atoms with Crippen LogP contribution < -0.4 is 0 Å². The van der Waals surface area contributed by atoms with Gasteiger partial charge < -0.3 is 4.74 Å². The van der Waals surface area contributed by atoms with Crippen molar-refractivity contribution in [2.45, 2.75) is 46.0 Å². The summed E-state index contributed by atoms with van der Waals surface area (Å²) >= 11 is 0. The molecule has 1 aliphatic rings. The van der Waals surface area contributed by atoms with Crippen LogP contribution in [0.4, 0.5) is 0 Å². The number of nitrogens with zero attached hydrogens (tertiary/aromatic N) is 1. The van der Waals surface area contributed by atoms with Gasteiger partial charge in [-0.1, -0.05) is 6.92 Å². The maximum atomic E-state index is 12.0. The van der Waals surface area contributed by atoms with E-state index in [0.29, 0.717) is 19.3 Å². The standard InChI is InChI=1S/C13H19NO3/c1-3-13(9-14,12(16)17-4-2)10-6-5-7-11(15)8-10/h10H,3-8H2,1-2H3. The molecule has 0 radical (unpaired) electrons. The molecule has 0 aromatic heterocycles. The van der Waals surface area contributed by atoms with E-state index >= 15 is 0 Å². The summed E-state index contributed by atoms with van der Waals surface area (Å²) in [5.74, 6) is -0.499. The molecule has 0 saturated heterocycles. The highest BCUT2D eigenvalue weighted by Crippen LogP contribution is 2.40. The molecule has 17 heavy (non-hydrogen) atoms. The maximum Gasteiger partial charge on any atom is 0.326 e. The average molecular weight is 237 g/mol. The topological polar surface area (TPSA) is 67.2 Å². The number of hydrogen-bond acceptors (Lipinski definition) is 4. The van der Waals surface area contributed by atoms with Gasteiger partial charge in [-0.25, -0.2) is 0 Å². The van der Waals surface area contributed by atoms with Crippen LogP contribution in [-0.2, 0) is 14.3 Å². The number of ketones is 1. The highest BCUT2D eigenvalue weighted by atomic mass is 16.5. The number of hydrogen-bond donors (Lipinski definition) is 0. The molecule has 0 bridgehead atoms. The Labute approximate surface area is 102 Å². The summed E-state index contributed by atoms with van der Waals surface area (Å²) in [6, 6.07) is 2.11. The normalized spacial score (nSPS) is 23.6. The molecule has 4 heteroatoms. The van der Waals surface area contributed by atoms with Crippen LogP contribution in [0.15, 0.2) is 0 Å². The van der Waals surface area contributed by atoms with E-state index in [1.54, 1.807) is 13.8 Å². The van der Waals surface area contributed by atoms with Crippen molar-refractivity contribution in [3.8, 4) is 6.07 Å². The van der Waals surface area contributed by atoms with Crippen molar-refractivity contribution in [2.24, 2.45) is 11.3 Å². The van der Waals surface area contributed by atoms with Gasteiger partial charge in [0.05, 0.1) is 12.7 Å². The smallest absolute Gasteiger partial charge is 0.326 e. The first-order valence-electron chi connectivity index (χ1n) is 6.20. The first-order valence-corrected chi connectivity index (χ1v) is 6.20. The monoisotopic (exact) mass is 237 g/mol. The lowest BCUT2D eigenvalue weighted by Crippen LogP contribution is -2.41. The van der Waals surface area contributed by atoms with E-state index < -0.39 is 11.4 Å². The van der Waals surface area contributed by atoms with Crippen LogP contribution >= 0.6 is 0 Å². The van der Waals surface area contributed by atoms with Crippen molar-refractivity contribution in [1.29, 1.82) is 5.26 Å². The molecular weight excluding hydrogens is 218 g/mol. The number of carbonyl (C=O) groups is 2. The van der Waals surface area contributed by atoms with Crippen LogP contribution in [0.1, 0.15) is 46.0 Å². The summed E-state index contributed by atoms with van der Waals surface area (Å²) in [6.07, 6.45) is 2.84. The second kappa shape index (κ2) is 5.81. The molecule has 0 heterocycles. The summed E-state index contributed by atoms with van der Waals surface area (Å²) in [4.78, 5) is 23.4. The van der Waals surface area contributed by atoms with Gasteiger partial charge in [-0.2, -0.15) is 5.26 Å². The van der Waals surface area contributed by atoms with E-state index in [-0.39, 0.29) is 18.3 Å². The van der Waals surface area contributed by atoms with Crippen LogP contribution in [0.25, 0.3) is 0 Å². The molecule has 4 nitrogen and oxygen atoms in total. The van der Waals surface area contributed by atoms with Crippen molar-refractivity contribution in [1.82, 2.24) is 0 Å². The van der Waals surface area contributed by atoms with Crippen LogP contribution in [0.2, 0.25) is 0 Å². The molecule has 1 aliphatic carbocycles. The van der Waals surface area contributed by atoms with Gasteiger partial charge in [0.15, 0.2) is 5.41 Å². The van der Waals surface area contributed by atoms with Gasteiger partial charge >= 0.3 is 5.97 Å². The van der Waals surface area contributed by atoms with Crippen LogP contribution in [0, 0.1) is 22.7 Å². The van der Waals surface area contributed by atoms with Gasteiger partial charge in [-0.05, 0) is 32.1 Å². The Balaban J connectivity index is 2.94. The third-order valence-electron chi connectivity index (χ3n) is 3.58. The van der Waals surface area contributed by atoms with Gasteiger partial charge in [0.25, 0.3) is 0 Å². The molecule has 0 aromatic rings. The van der Waals surface area contributed by atoms with Gasteiger partial charge in [0.2, 0.25) is 0 Å².